The third-order valence-electron chi connectivity index (χ3n) is 8.28. The van der Waals surface area contributed by atoms with Crippen molar-refractivity contribution in [2.45, 2.75) is 0 Å². The van der Waals surface area contributed by atoms with Gasteiger partial charge in [-0.25, -0.2) is 0 Å². The molecular formula is C44H28O. The average Bonchev–Trinajstić information content (AvgIpc) is 3.62. The van der Waals surface area contributed by atoms with E-state index in [0.717, 1.165) is 43.8 Å². The number of furan rings is 1. The van der Waals surface area contributed by atoms with Crippen LogP contribution >= 0.6 is 0 Å². The van der Waals surface area contributed by atoms with Crippen molar-refractivity contribution in [1.82, 2.24) is 0 Å². The lowest BCUT2D eigenvalue weighted by Gasteiger charge is -2.18. The molecule has 45 heavy (non-hydrogen) atoms. The first-order valence-electron chi connectivity index (χ1n) is 20.0. The molecule has 0 atom stereocenters. The van der Waals surface area contributed by atoms with Crippen LogP contribution < -0.4 is 0 Å². The Morgan fingerprint density at radius 2 is 0.956 bits per heavy atom. The number of fused-ring (bicyclic) bond motifs is 5. The highest BCUT2D eigenvalue weighted by atomic mass is 16.3. The van der Waals surface area contributed by atoms with E-state index in [2.05, 4.69) is 36.4 Å². The van der Waals surface area contributed by atoms with Crippen molar-refractivity contribution >= 4 is 43.5 Å². The summed E-state index contributed by atoms with van der Waals surface area (Å²) in [5.74, 6) is 0. The number of hydrogen-bond donors (Lipinski definition) is 0. The summed E-state index contributed by atoms with van der Waals surface area (Å²) in [7, 11) is 0. The Morgan fingerprint density at radius 1 is 0.378 bits per heavy atom. The second kappa shape index (κ2) is 10.4. The molecule has 0 spiro atoms. The van der Waals surface area contributed by atoms with E-state index >= 15 is 0 Å². The van der Waals surface area contributed by atoms with Crippen molar-refractivity contribution in [3.8, 4) is 44.5 Å². The molecule has 0 aliphatic rings. The SMILES string of the molecule is [2H]c1c([2H])c([2H])c(-c2c([2H])c([2H])c3oc4c([2H])c([2H])c([2H])c(-c5ccc(-c6c7ccccc7c(-c7ccccc7)c7ccccc67)cc5)c4c3c2[2H])c([2H])c1[2H]. The zero-order valence-electron chi connectivity index (χ0n) is 34.7. The standard InChI is InChI=1S/C44H28O/c1-3-12-29(13-4-1)33-26-27-40-39(28-33)44-34(20-11-21-41(44)45-40)30-22-24-32(25-23-30)43-37-18-9-7-16-35(37)42(31-14-5-2-6-15-31)36-17-8-10-19-38(36)43/h1-28H/i1D,3D,4D,11D,12D,13D,20D,21D,26D,27D,28D. The quantitative estimate of drug-likeness (QED) is 0.188. The van der Waals surface area contributed by atoms with Crippen LogP contribution in [0.1, 0.15) is 15.1 Å². The van der Waals surface area contributed by atoms with Crippen LogP contribution in [0.4, 0.5) is 0 Å². The van der Waals surface area contributed by atoms with Gasteiger partial charge in [0.15, 0.2) is 0 Å². The van der Waals surface area contributed by atoms with Gasteiger partial charge < -0.3 is 4.42 Å². The van der Waals surface area contributed by atoms with E-state index in [0.29, 0.717) is 5.56 Å². The first-order chi connectivity index (χ1) is 26.9. The molecule has 8 aromatic carbocycles. The fourth-order valence-corrected chi connectivity index (χ4v) is 6.33. The van der Waals surface area contributed by atoms with E-state index in [1.54, 1.807) is 12.1 Å². The summed E-state index contributed by atoms with van der Waals surface area (Å²) < 4.78 is 101. The molecule has 0 amide bonds. The van der Waals surface area contributed by atoms with E-state index in [-0.39, 0.29) is 39.1 Å². The molecule has 1 nitrogen and oxygen atoms in total. The van der Waals surface area contributed by atoms with Crippen LogP contribution in [0, 0.1) is 0 Å². The van der Waals surface area contributed by atoms with Gasteiger partial charge in [0.1, 0.15) is 11.2 Å². The van der Waals surface area contributed by atoms with Crippen molar-refractivity contribution in [2.24, 2.45) is 0 Å². The Kier molecular flexibility index (Phi) is 3.87. The molecular weight excluding hydrogens is 544 g/mol. The highest BCUT2D eigenvalue weighted by molar-refractivity contribution is 6.21. The van der Waals surface area contributed by atoms with Crippen LogP contribution in [0.2, 0.25) is 0 Å². The van der Waals surface area contributed by atoms with Gasteiger partial charge in [-0.2, -0.15) is 0 Å². The van der Waals surface area contributed by atoms with E-state index in [1.807, 2.05) is 54.6 Å². The zero-order chi connectivity index (χ0) is 39.3. The van der Waals surface area contributed by atoms with Crippen LogP contribution in [0.5, 0.6) is 0 Å². The summed E-state index contributed by atoms with van der Waals surface area (Å²) >= 11 is 0. The molecule has 0 saturated carbocycles. The summed E-state index contributed by atoms with van der Waals surface area (Å²) in [6, 6.07) is 28.3. The molecule has 1 heteroatoms. The Balaban J connectivity index is 1.32. The van der Waals surface area contributed by atoms with Gasteiger partial charge in [-0.15, -0.1) is 0 Å². The van der Waals surface area contributed by atoms with Crippen LogP contribution in [0.25, 0.3) is 88.0 Å². The first-order valence-corrected chi connectivity index (χ1v) is 14.5. The molecule has 0 bridgehead atoms. The second-order valence-corrected chi connectivity index (χ2v) is 10.8. The van der Waals surface area contributed by atoms with Gasteiger partial charge >= 0.3 is 0 Å². The maximum atomic E-state index is 9.37. The van der Waals surface area contributed by atoms with Gasteiger partial charge in [0.05, 0.1) is 15.1 Å². The topological polar surface area (TPSA) is 13.1 Å². The van der Waals surface area contributed by atoms with Crippen molar-refractivity contribution in [1.29, 1.82) is 0 Å². The third kappa shape index (κ3) is 4.17. The molecule has 0 aliphatic carbocycles. The molecule has 1 heterocycles. The van der Waals surface area contributed by atoms with Gasteiger partial charge in [0.2, 0.25) is 0 Å². The Labute approximate surface area is 277 Å². The second-order valence-electron chi connectivity index (χ2n) is 10.8. The maximum Gasteiger partial charge on any atom is 0.136 e. The van der Waals surface area contributed by atoms with Crippen molar-refractivity contribution in [2.75, 3.05) is 0 Å². The first kappa shape index (κ1) is 16.8. The Morgan fingerprint density at radius 3 is 1.60 bits per heavy atom. The fraction of sp³-hybridized carbons (Fsp3) is 0. The van der Waals surface area contributed by atoms with E-state index < -0.39 is 66.0 Å². The molecule has 0 unspecified atom stereocenters. The molecule has 9 rings (SSSR count). The number of hydrogen-bond acceptors (Lipinski definition) is 1. The summed E-state index contributed by atoms with van der Waals surface area (Å²) in [5.41, 5.74) is 3.59. The van der Waals surface area contributed by atoms with Crippen LogP contribution in [0.3, 0.4) is 0 Å². The zero-order valence-corrected chi connectivity index (χ0v) is 23.7. The van der Waals surface area contributed by atoms with Crippen molar-refractivity contribution in [3.63, 3.8) is 0 Å². The predicted octanol–water partition coefficient (Wildman–Crippen LogP) is 12.6. The van der Waals surface area contributed by atoms with Crippen LogP contribution in [-0.2, 0) is 0 Å². The Hall–Kier alpha value is -5.92. The van der Waals surface area contributed by atoms with Gasteiger partial charge in [0, 0.05) is 10.8 Å². The fourth-order valence-electron chi connectivity index (χ4n) is 6.33. The number of benzene rings is 8. The van der Waals surface area contributed by atoms with Crippen molar-refractivity contribution < 1.29 is 19.5 Å². The molecule has 0 aliphatic heterocycles. The largest absolute Gasteiger partial charge is 0.456 e. The molecule has 210 valence electrons. The van der Waals surface area contributed by atoms with Crippen molar-refractivity contribution in [3.05, 3.63) is 170 Å². The van der Waals surface area contributed by atoms with Gasteiger partial charge in [0.25, 0.3) is 0 Å². The van der Waals surface area contributed by atoms with Crippen LogP contribution in [0.15, 0.2) is 174 Å². The van der Waals surface area contributed by atoms with E-state index in [9.17, 15) is 1.37 Å². The summed E-state index contributed by atoms with van der Waals surface area (Å²) in [6.07, 6.45) is 0. The minimum absolute atomic E-state index is 0.0580. The van der Waals surface area contributed by atoms with Gasteiger partial charge in [-0.3, -0.25) is 0 Å². The highest BCUT2D eigenvalue weighted by Crippen LogP contribution is 2.44. The molecule has 1 aromatic heterocycles. The predicted molar refractivity (Wildman–Crippen MR) is 190 cm³/mol. The normalized spacial score (nSPS) is 15.0. The van der Waals surface area contributed by atoms with E-state index in [1.165, 1.54) is 0 Å². The summed E-state index contributed by atoms with van der Waals surface area (Å²) in [6.45, 7) is 0. The maximum absolute atomic E-state index is 9.37. The highest BCUT2D eigenvalue weighted by Gasteiger charge is 2.17. The van der Waals surface area contributed by atoms with E-state index in [4.69, 9.17) is 18.1 Å². The lowest BCUT2D eigenvalue weighted by atomic mass is 9.85. The smallest absolute Gasteiger partial charge is 0.136 e. The lowest BCUT2D eigenvalue weighted by molar-refractivity contribution is 0.669. The molecule has 0 fully saturated rings. The van der Waals surface area contributed by atoms with Gasteiger partial charge in [-0.05, 0) is 84.2 Å². The summed E-state index contributed by atoms with van der Waals surface area (Å²) in [5, 5.41) is 4.29. The Bertz CT molecular complexity index is 3050. The monoisotopic (exact) mass is 583 g/mol. The molecule has 9 aromatic rings. The number of rotatable bonds is 4. The van der Waals surface area contributed by atoms with Crippen LogP contribution in [-0.4, -0.2) is 0 Å². The lowest BCUT2D eigenvalue weighted by Crippen LogP contribution is -1.90. The molecule has 0 radical (unpaired) electrons. The molecule has 0 saturated heterocycles. The third-order valence-corrected chi connectivity index (χ3v) is 8.28. The average molecular weight is 584 g/mol. The minimum atomic E-state index is -0.653. The molecule has 0 N–H and O–H groups in total. The summed E-state index contributed by atoms with van der Waals surface area (Å²) in [4.78, 5) is 0. The van der Waals surface area contributed by atoms with Gasteiger partial charge in [-0.1, -0.05) is 151 Å². The minimum Gasteiger partial charge on any atom is -0.456 e.